The predicted molar refractivity (Wildman–Crippen MR) is 101 cm³/mol. The molecule has 1 heterocycles. The van der Waals surface area contributed by atoms with Crippen LogP contribution in [0.1, 0.15) is 32.3 Å². The van der Waals surface area contributed by atoms with Crippen LogP contribution in [0.4, 0.5) is 5.69 Å². The van der Waals surface area contributed by atoms with Gasteiger partial charge in [0.15, 0.2) is 0 Å². The predicted octanol–water partition coefficient (Wildman–Crippen LogP) is 2.04. The van der Waals surface area contributed by atoms with Crippen molar-refractivity contribution in [3.05, 3.63) is 42.5 Å². The van der Waals surface area contributed by atoms with Gasteiger partial charge in [0.25, 0.3) is 0 Å². The van der Waals surface area contributed by atoms with Gasteiger partial charge in [-0.25, -0.2) is 0 Å². The van der Waals surface area contributed by atoms with Gasteiger partial charge < -0.3 is 20.5 Å². The number of hydrogen-bond donors (Lipinski definition) is 3. The Morgan fingerprint density at radius 1 is 1.35 bits per heavy atom. The summed E-state index contributed by atoms with van der Waals surface area (Å²) < 4.78 is 5.42. The van der Waals surface area contributed by atoms with Crippen LogP contribution in [0.25, 0.3) is 0 Å². The van der Waals surface area contributed by atoms with Gasteiger partial charge in [-0.15, -0.1) is 0 Å². The standard InChI is InChI=1S/C20H28N2O4/c1-4-17(23)22-16-8-6-15(7-9-16)12-18(24)21-13-19(2,3)20(25)10-5-11-26-14-20/h4,6-9,25H,1,5,10-14H2,2-3H3,(H,21,24)(H,22,23). The summed E-state index contributed by atoms with van der Waals surface area (Å²) >= 11 is 0. The van der Waals surface area contributed by atoms with E-state index in [2.05, 4.69) is 17.2 Å². The Bertz CT molecular complexity index is 646. The van der Waals surface area contributed by atoms with Gasteiger partial charge in [0, 0.05) is 24.3 Å². The highest BCUT2D eigenvalue weighted by molar-refractivity contribution is 5.98. The Labute approximate surface area is 154 Å². The highest BCUT2D eigenvalue weighted by Gasteiger charge is 2.44. The average Bonchev–Trinajstić information content (AvgIpc) is 2.62. The van der Waals surface area contributed by atoms with E-state index in [4.69, 9.17) is 4.74 Å². The van der Waals surface area contributed by atoms with Gasteiger partial charge >= 0.3 is 0 Å². The Balaban J connectivity index is 1.86. The van der Waals surface area contributed by atoms with Crippen LogP contribution in [0.2, 0.25) is 0 Å². The van der Waals surface area contributed by atoms with Crippen molar-refractivity contribution in [2.75, 3.05) is 25.1 Å². The Morgan fingerprint density at radius 3 is 2.62 bits per heavy atom. The summed E-state index contributed by atoms with van der Waals surface area (Å²) in [5.74, 6) is -0.386. The van der Waals surface area contributed by atoms with E-state index in [1.54, 1.807) is 24.3 Å². The molecular formula is C20H28N2O4. The molecule has 6 nitrogen and oxygen atoms in total. The second kappa shape index (κ2) is 8.47. The molecule has 142 valence electrons. The molecule has 1 saturated heterocycles. The molecule has 6 heteroatoms. The zero-order valence-corrected chi connectivity index (χ0v) is 15.5. The number of nitrogens with one attached hydrogen (secondary N) is 2. The second-order valence-corrected chi connectivity index (χ2v) is 7.42. The van der Waals surface area contributed by atoms with Gasteiger partial charge in [-0.05, 0) is 36.6 Å². The fraction of sp³-hybridized carbons (Fsp3) is 0.500. The maximum atomic E-state index is 12.2. The maximum absolute atomic E-state index is 12.2. The third-order valence-electron chi connectivity index (χ3n) is 4.98. The molecule has 2 rings (SSSR count). The number of benzene rings is 1. The topological polar surface area (TPSA) is 87.7 Å². The van der Waals surface area contributed by atoms with Crippen molar-refractivity contribution >= 4 is 17.5 Å². The van der Waals surface area contributed by atoms with Crippen LogP contribution in [-0.2, 0) is 20.7 Å². The fourth-order valence-electron chi connectivity index (χ4n) is 2.94. The molecule has 0 saturated carbocycles. The lowest BCUT2D eigenvalue weighted by molar-refractivity contribution is -0.151. The van der Waals surface area contributed by atoms with Gasteiger partial charge in [0.2, 0.25) is 11.8 Å². The minimum absolute atomic E-state index is 0.110. The third kappa shape index (κ3) is 5.16. The molecule has 0 radical (unpaired) electrons. The molecule has 1 fully saturated rings. The van der Waals surface area contributed by atoms with Crippen molar-refractivity contribution < 1.29 is 19.4 Å². The molecule has 1 aromatic carbocycles. The number of hydrogen-bond acceptors (Lipinski definition) is 4. The molecule has 1 unspecified atom stereocenters. The summed E-state index contributed by atoms with van der Waals surface area (Å²) in [6.07, 6.45) is 2.94. The lowest BCUT2D eigenvalue weighted by Gasteiger charge is -2.44. The quantitative estimate of drug-likeness (QED) is 0.650. The molecule has 1 aromatic rings. The molecule has 1 atom stereocenters. The van der Waals surface area contributed by atoms with E-state index in [0.29, 0.717) is 31.9 Å². The van der Waals surface area contributed by atoms with Gasteiger partial charge in [-0.2, -0.15) is 0 Å². The lowest BCUT2D eigenvalue weighted by Crippen LogP contribution is -2.55. The van der Waals surface area contributed by atoms with E-state index < -0.39 is 11.0 Å². The first kappa shape index (κ1) is 20.1. The first-order valence-corrected chi connectivity index (χ1v) is 8.85. The van der Waals surface area contributed by atoms with Gasteiger partial charge in [0.1, 0.15) is 0 Å². The van der Waals surface area contributed by atoms with Gasteiger partial charge in [-0.3, -0.25) is 9.59 Å². The number of carbonyl (C=O) groups excluding carboxylic acids is 2. The smallest absolute Gasteiger partial charge is 0.247 e. The molecule has 1 aliphatic heterocycles. The maximum Gasteiger partial charge on any atom is 0.247 e. The molecular weight excluding hydrogens is 332 g/mol. The third-order valence-corrected chi connectivity index (χ3v) is 4.98. The second-order valence-electron chi connectivity index (χ2n) is 7.42. The van der Waals surface area contributed by atoms with Crippen LogP contribution in [0.3, 0.4) is 0 Å². The van der Waals surface area contributed by atoms with Crippen LogP contribution in [0.15, 0.2) is 36.9 Å². The summed E-state index contributed by atoms with van der Waals surface area (Å²) in [7, 11) is 0. The molecule has 0 spiro atoms. The number of aliphatic hydroxyl groups is 1. The van der Waals surface area contributed by atoms with Crippen molar-refractivity contribution in [3.8, 4) is 0 Å². The Morgan fingerprint density at radius 2 is 2.04 bits per heavy atom. The lowest BCUT2D eigenvalue weighted by atomic mass is 9.72. The van der Waals surface area contributed by atoms with Crippen molar-refractivity contribution in [3.63, 3.8) is 0 Å². The highest BCUT2D eigenvalue weighted by atomic mass is 16.5. The minimum Gasteiger partial charge on any atom is -0.387 e. The van der Waals surface area contributed by atoms with Crippen molar-refractivity contribution in [1.82, 2.24) is 5.32 Å². The number of anilines is 1. The van der Waals surface area contributed by atoms with Gasteiger partial charge in [-0.1, -0.05) is 32.6 Å². The van der Waals surface area contributed by atoms with E-state index in [-0.39, 0.29) is 18.2 Å². The summed E-state index contributed by atoms with van der Waals surface area (Å²) in [5, 5.41) is 16.4. The van der Waals surface area contributed by atoms with Crippen LogP contribution in [0, 0.1) is 5.41 Å². The van der Waals surface area contributed by atoms with E-state index in [1.807, 2.05) is 13.8 Å². The molecule has 2 amide bonds. The average molecular weight is 360 g/mol. The van der Waals surface area contributed by atoms with Gasteiger partial charge in [0.05, 0.1) is 18.6 Å². The van der Waals surface area contributed by atoms with Crippen LogP contribution < -0.4 is 10.6 Å². The first-order valence-electron chi connectivity index (χ1n) is 8.85. The van der Waals surface area contributed by atoms with E-state index in [1.165, 1.54) is 6.08 Å². The van der Waals surface area contributed by atoms with E-state index in [0.717, 1.165) is 12.0 Å². The fourth-order valence-corrected chi connectivity index (χ4v) is 2.94. The monoisotopic (exact) mass is 360 g/mol. The first-order chi connectivity index (χ1) is 12.3. The summed E-state index contributed by atoms with van der Waals surface area (Å²) in [6, 6.07) is 7.09. The number of carbonyl (C=O) groups is 2. The van der Waals surface area contributed by atoms with Crippen LogP contribution in [0.5, 0.6) is 0 Å². The molecule has 1 aliphatic rings. The SMILES string of the molecule is C=CC(=O)Nc1ccc(CC(=O)NCC(C)(C)C2(O)CCCOC2)cc1. The molecule has 3 N–H and O–H groups in total. The van der Waals surface area contributed by atoms with Crippen molar-refractivity contribution in [1.29, 1.82) is 0 Å². The highest BCUT2D eigenvalue weighted by Crippen LogP contribution is 2.36. The van der Waals surface area contributed by atoms with E-state index >= 15 is 0 Å². The minimum atomic E-state index is -0.927. The van der Waals surface area contributed by atoms with E-state index in [9.17, 15) is 14.7 Å². The molecule has 0 aliphatic carbocycles. The number of rotatable bonds is 7. The van der Waals surface area contributed by atoms with Crippen molar-refractivity contribution in [2.24, 2.45) is 5.41 Å². The zero-order valence-electron chi connectivity index (χ0n) is 15.5. The van der Waals surface area contributed by atoms with Crippen LogP contribution in [-0.4, -0.2) is 42.3 Å². The summed E-state index contributed by atoms with van der Waals surface area (Å²) in [5.41, 5.74) is 0.0853. The van der Waals surface area contributed by atoms with Crippen molar-refractivity contribution in [2.45, 2.75) is 38.7 Å². The zero-order chi connectivity index (χ0) is 19.2. The number of ether oxygens (including phenoxy) is 1. The molecule has 0 bridgehead atoms. The Kier molecular flexibility index (Phi) is 6.56. The normalized spacial score (nSPS) is 20.3. The molecule has 0 aromatic heterocycles. The largest absolute Gasteiger partial charge is 0.387 e. The summed E-state index contributed by atoms with van der Waals surface area (Å²) in [6.45, 7) is 8.64. The summed E-state index contributed by atoms with van der Waals surface area (Å²) in [4.78, 5) is 23.5. The van der Waals surface area contributed by atoms with Crippen LogP contribution >= 0.6 is 0 Å². The Hall–Kier alpha value is -2.18. The number of amides is 2. The molecule has 26 heavy (non-hydrogen) atoms.